The second-order valence-electron chi connectivity index (χ2n) is 3.84. The van der Waals surface area contributed by atoms with E-state index in [0.717, 1.165) is 13.1 Å². The molecule has 2 heteroatoms. The molecule has 1 atom stereocenters. The lowest BCUT2D eigenvalue weighted by molar-refractivity contribution is -0.121. The van der Waals surface area contributed by atoms with Crippen LogP contribution in [0.4, 0.5) is 0 Å². The Balaban J connectivity index is 2.25. The third-order valence-electron chi connectivity index (χ3n) is 2.52. The van der Waals surface area contributed by atoms with Gasteiger partial charge in [0.2, 0.25) is 0 Å². The molecular weight excluding hydrogens is 186 g/mol. The van der Waals surface area contributed by atoms with E-state index in [1.807, 2.05) is 32.0 Å². The van der Waals surface area contributed by atoms with Crippen LogP contribution in [-0.2, 0) is 11.3 Å². The molecule has 0 radical (unpaired) electrons. The lowest BCUT2D eigenvalue weighted by Crippen LogP contribution is -2.25. The Kier molecular flexibility index (Phi) is 5.05. The van der Waals surface area contributed by atoms with Gasteiger partial charge in [-0.15, -0.1) is 0 Å². The molecule has 0 saturated carbocycles. The van der Waals surface area contributed by atoms with Crippen molar-refractivity contribution in [3.63, 3.8) is 0 Å². The van der Waals surface area contributed by atoms with Crippen molar-refractivity contribution >= 4 is 5.78 Å². The van der Waals surface area contributed by atoms with E-state index in [1.165, 1.54) is 5.56 Å². The third-order valence-corrected chi connectivity index (χ3v) is 2.52. The van der Waals surface area contributed by atoms with Crippen LogP contribution in [0.2, 0.25) is 0 Å². The zero-order valence-electron chi connectivity index (χ0n) is 9.49. The van der Waals surface area contributed by atoms with Crippen LogP contribution in [-0.4, -0.2) is 12.3 Å². The monoisotopic (exact) mass is 205 g/mol. The van der Waals surface area contributed by atoms with Crippen LogP contribution in [0.5, 0.6) is 0 Å². The maximum atomic E-state index is 11.3. The molecule has 0 aliphatic rings. The van der Waals surface area contributed by atoms with E-state index in [2.05, 4.69) is 17.4 Å². The molecule has 1 unspecified atom stereocenters. The Hall–Kier alpha value is -1.15. The van der Waals surface area contributed by atoms with Crippen molar-refractivity contribution in [3.05, 3.63) is 35.9 Å². The lowest BCUT2D eigenvalue weighted by atomic mass is 10.0. The molecule has 15 heavy (non-hydrogen) atoms. The van der Waals surface area contributed by atoms with E-state index in [9.17, 15) is 4.79 Å². The number of nitrogens with one attached hydrogen (secondary N) is 1. The maximum Gasteiger partial charge on any atom is 0.136 e. The van der Waals surface area contributed by atoms with Gasteiger partial charge in [0.05, 0.1) is 0 Å². The highest BCUT2D eigenvalue weighted by Gasteiger charge is 2.09. The zero-order valence-corrected chi connectivity index (χ0v) is 9.49. The normalized spacial score (nSPS) is 12.4. The number of hydrogen-bond acceptors (Lipinski definition) is 2. The topological polar surface area (TPSA) is 29.1 Å². The Morgan fingerprint density at radius 2 is 2.00 bits per heavy atom. The molecule has 0 heterocycles. The van der Waals surface area contributed by atoms with Crippen LogP contribution in [0.1, 0.15) is 25.8 Å². The van der Waals surface area contributed by atoms with Crippen molar-refractivity contribution in [1.29, 1.82) is 0 Å². The van der Waals surface area contributed by atoms with Crippen LogP contribution in [0.15, 0.2) is 30.3 Å². The average Bonchev–Trinajstić information content (AvgIpc) is 2.29. The van der Waals surface area contributed by atoms with Crippen molar-refractivity contribution in [2.24, 2.45) is 5.92 Å². The highest BCUT2D eigenvalue weighted by Crippen LogP contribution is 2.01. The Morgan fingerprint density at radius 1 is 1.33 bits per heavy atom. The summed E-state index contributed by atoms with van der Waals surface area (Å²) in [5.74, 6) is 0.453. The molecular formula is C13H19NO. The van der Waals surface area contributed by atoms with Crippen molar-refractivity contribution in [1.82, 2.24) is 5.32 Å². The number of carbonyl (C=O) groups excluding carboxylic acids is 1. The van der Waals surface area contributed by atoms with E-state index in [0.29, 0.717) is 12.2 Å². The molecule has 1 N–H and O–H groups in total. The largest absolute Gasteiger partial charge is 0.312 e. The predicted octanol–water partition coefficient (Wildman–Crippen LogP) is 2.39. The van der Waals surface area contributed by atoms with Gasteiger partial charge in [-0.3, -0.25) is 4.79 Å². The van der Waals surface area contributed by atoms with Crippen molar-refractivity contribution in [2.45, 2.75) is 26.8 Å². The van der Waals surface area contributed by atoms with Crippen LogP contribution in [0.25, 0.3) is 0 Å². The van der Waals surface area contributed by atoms with E-state index >= 15 is 0 Å². The summed E-state index contributed by atoms with van der Waals surface area (Å²) < 4.78 is 0. The summed E-state index contributed by atoms with van der Waals surface area (Å²) >= 11 is 0. The number of Topliss-reactive ketones (excluding diaryl/α,β-unsaturated/α-hetero) is 1. The lowest BCUT2D eigenvalue weighted by Gasteiger charge is -2.10. The second kappa shape index (κ2) is 6.36. The van der Waals surface area contributed by atoms with Crippen molar-refractivity contribution in [3.8, 4) is 0 Å². The van der Waals surface area contributed by atoms with Gasteiger partial charge in [0, 0.05) is 25.4 Å². The number of hydrogen-bond donors (Lipinski definition) is 1. The molecule has 0 fully saturated rings. The standard InChI is InChI=1S/C13H19NO/c1-3-13(15)11(2)9-14-10-12-7-5-4-6-8-12/h4-8,11,14H,3,9-10H2,1-2H3. The molecule has 0 spiro atoms. The maximum absolute atomic E-state index is 11.3. The molecule has 1 rings (SSSR count). The van der Waals surface area contributed by atoms with E-state index in [-0.39, 0.29) is 5.92 Å². The fraction of sp³-hybridized carbons (Fsp3) is 0.462. The van der Waals surface area contributed by atoms with Gasteiger partial charge in [-0.05, 0) is 5.56 Å². The first kappa shape index (κ1) is 11.9. The quantitative estimate of drug-likeness (QED) is 0.772. The molecule has 2 nitrogen and oxygen atoms in total. The summed E-state index contributed by atoms with van der Waals surface area (Å²) in [6.07, 6.45) is 0.633. The van der Waals surface area contributed by atoms with Crippen LogP contribution < -0.4 is 5.32 Å². The summed E-state index contributed by atoms with van der Waals surface area (Å²) in [4.78, 5) is 11.3. The summed E-state index contributed by atoms with van der Waals surface area (Å²) in [5, 5.41) is 3.30. The minimum absolute atomic E-state index is 0.124. The summed E-state index contributed by atoms with van der Waals surface area (Å²) in [7, 11) is 0. The third kappa shape index (κ3) is 4.26. The van der Waals surface area contributed by atoms with Crippen molar-refractivity contribution in [2.75, 3.05) is 6.54 Å². The number of benzene rings is 1. The van der Waals surface area contributed by atoms with Gasteiger partial charge < -0.3 is 5.32 Å². The minimum Gasteiger partial charge on any atom is -0.312 e. The SMILES string of the molecule is CCC(=O)C(C)CNCc1ccccc1. The van der Waals surface area contributed by atoms with Crippen molar-refractivity contribution < 1.29 is 4.79 Å². The van der Waals surface area contributed by atoms with Crippen LogP contribution in [0.3, 0.4) is 0 Å². The molecule has 0 aliphatic heterocycles. The van der Waals surface area contributed by atoms with Gasteiger partial charge in [-0.25, -0.2) is 0 Å². The summed E-state index contributed by atoms with van der Waals surface area (Å²) in [6, 6.07) is 10.2. The molecule has 1 aromatic rings. The molecule has 0 amide bonds. The molecule has 0 aromatic heterocycles. The fourth-order valence-electron chi connectivity index (χ4n) is 1.49. The smallest absolute Gasteiger partial charge is 0.136 e. The van der Waals surface area contributed by atoms with Gasteiger partial charge in [0.25, 0.3) is 0 Å². The highest BCUT2D eigenvalue weighted by molar-refractivity contribution is 5.80. The predicted molar refractivity (Wildman–Crippen MR) is 62.6 cm³/mol. The van der Waals surface area contributed by atoms with Crippen LogP contribution >= 0.6 is 0 Å². The Morgan fingerprint density at radius 3 is 2.60 bits per heavy atom. The Bertz CT molecular complexity index is 295. The molecule has 82 valence electrons. The number of ketones is 1. The fourth-order valence-corrected chi connectivity index (χ4v) is 1.49. The van der Waals surface area contributed by atoms with E-state index in [4.69, 9.17) is 0 Å². The second-order valence-corrected chi connectivity index (χ2v) is 3.84. The summed E-state index contributed by atoms with van der Waals surface area (Å²) in [6.45, 7) is 5.49. The zero-order chi connectivity index (χ0) is 11.1. The molecule has 0 bridgehead atoms. The Labute approximate surface area is 91.7 Å². The van der Waals surface area contributed by atoms with E-state index < -0.39 is 0 Å². The first-order valence-corrected chi connectivity index (χ1v) is 5.51. The van der Waals surface area contributed by atoms with Gasteiger partial charge in [0.15, 0.2) is 0 Å². The number of rotatable bonds is 6. The van der Waals surface area contributed by atoms with Gasteiger partial charge in [-0.1, -0.05) is 44.2 Å². The minimum atomic E-state index is 0.124. The molecule has 1 aromatic carbocycles. The van der Waals surface area contributed by atoms with Crippen LogP contribution in [0, 0.1) is 5.92 Å². The van der Waals surface area contributed by atoms with Gasteiger partial charge in [0.1, 0.15) is 5.78 Å². The first-order valence-electron chi connectivity index (χ1n) is 5.51. The first-order chi connectivity index (χ1) is 7.24. The van der Waals surface area contributed by atoms with Gasteiger partial charge >= 0.3 is 0 Å². The molecule has 0 aliphatic carbocycles. The molecule has 0 saturated heterocycles. The summed E-state index contributed by atoms with van der Waals surface area (Å²) in [5.41, 5.74) is 1.26. The number of carbonyl (C=O) groups is 1. The average molecular weight is 205 g/mol. The highest BCUT2D eigenvalue weighted by atomic mass is 16.1. The van der Waals surface area contributed by atoms with E-state index in [1.54, 1.807) is 0 Å². The van der Waals surface area contributed by atoms with Gasteiger partial charge in [-0.2, -0.15) is 0 Å².